The van der Waals surface area contributed by atoms with Gasteiger partial charge in [0.2, 0.25) is 0 Å². The van der Waals surface area contributed by atoms with E-state index in [-0.39, 0.29) is 6.04 Å². The molecular formula is C8H14N2O2. The van der Waals surface area contributed by atoms with Gasteiger partial charge < -0.3 is 10.4 Å². The second-order valence-corrected chi connectivity index (χ2v) is 3.59. The third-order valence-electron chi connectivity index (χ3n) is 2.81. The van der Waals surface area contributed by atoms with Gasteiger partial charge in [-0.1, -0.05) is 0 Å². The molecule has 0 unspecified atom stereocenters. The zero-order valence-electron chi connectivity index (χ0n) is 6.99. The number of carboxylic acid groups (broad SMARTS) is 1. The van der Waals surface area contributed by atoms with Gasteiger partial charge in [-0.05, 0) is 19.4 Å². The molecule has 0 aromatic carbocycles. The maximum absolute atomic E-state index is 10.7. The molecule has 2 N–H and O–H groups in total. The molecule has 0 aliphatic carbocycles. The van der Waals surface area contributed by atoms with Crippen molar-refractivity contribution in [2.75, 3.05) is 19.6 Å². The molecule has 0 bridgehead atoms. The standard InChI is InChI=1S/C8H14N2O2/c11-8(12)7-5-10-3-1-2-6(10)4-9-7/h6-7,9H,1-5H2,(H,11,12)/t6-,7-/m0/s1. The van der Waals surface area contributed by atoms with Gasteiger partial charge >= 0.3 is 5.97 Å². The van der Waals surface area contributed by atoms with Crippen LogP contribution in [0.2, 0.25) is 0 Å². The Balaban J connectivity index is 1.96. The Morgan fingerprint density at radius 3 is 3.17 bits per heavy atom. The summed E-state index contributed by atoms with van der Waals surface area (Å²) in [4.78, 5) is 12.9. The number of nitrogens with one attached hydrogen (secondary N) is 1. The predicted molar refractivity (Wildman–Crippen MR) is 44.0 cm³/mol. The summed E-state index contributed by atoms with van der Waals surface area (Å²) in [6, 6.07) is 0.250. The van der Waals surface area contributed by atoms with Gasteiger partial charge in [0, 0.05) is 19.1 Å². The highest BCUT2D eigenvalue weighted by atomic mass is 16.4. The monoisotopic (exact) mass is 170 g/mol. The Morgan fingerprint density at radius 2 is 2.42 bits per heavy atom. The lowest BCUT2D eigenvalue weighted by atomic mass is 10.1. The van der Waals surface area contributed by atoms with E-state index in [1.54, 1.807) is 0 Å². The Kier molecular flexibility index (Phi) is 2.02. The predicted octanol–water partition coefficient (Wildman–Crippen LogP) is -0.493. The zero-order valence-corrected chi connectivity index (χ0v) is 6.99. The minimum absolute atomic E-state index is 0.348. The first-order chi connectivity index (χ1) is 5.77. The molecule has 0 radical (unpaired) electrons. The van der Waals surface area contributed by atoms with E-state index in [1.165, 1.54) is 12.8 Å². The van der Waals surface area contributed by atoms with E-state index in [0.717, 1.165) is 13.1 Å². The summed E-state index contributed by atoms with van der Waals surface area (Å²) >= 11 is 0. The molecule has 2 fully saturated rings. The van der Waals surface area contributed by atoms with Crippen LogP contribution in [0.4, 0.5) is 0 Å². The van der Waals surface area contributed by atoms with Gasteiger partial charge in [-0.15, -0.1) is 0 Å². The average molecular weight is 170 g/mol. The van der Waals surface area contributed by atoms with Crippen molar-refractivity contribution in [3.05, 3.63) is 0 Å². The lowest BCUT2D eigenvalue weighted by molar-refractivity contribution is -0.140. The molecule has 2 atom stereocenters. The van der Waals surface area contributed by atoms with Crippen molar-refractivity contribution in [2.24, 2.45) is 0 Å². The number of nitrogens with zero attached hydrogens (tertiary/aromatic N) is 1. The number of carboxylic acids is 1. The van der Waals surface area contributed by atoms with E-state index in [1.807, 2.05) is 0 Å². The first kappa shape index (κ1) is 8.01. The van der Waals surface area contributed by atoms with Crippen LogP contribution in [0.15, 0.2) is 0 Å². The van der Waals surface area contributed by atoms with Crippen LogP contribution >= 0.6 is 0 Å². The highest BCUT2D eigenvalue weighted by Gasteiger charge is 2.33. The van der Waals surface area contributed by atoms with E-state index < -0.39 is 5.97 Å². The lowest BCUT2D eigenvalue weighted by Crippen LogP contribution is -2.56. The summed E-state index contributed by atoms with van der Waals surface area (Å²) in [6.07, 6.45) is 2.44. The van der Waals surface area contributed by atoms with Crippen LogP contribution in [0.5, 0.6) is 0 Å². The fraction of sp³-hybridized carbons (Fsp3) is 0.875. The molecule has 2 heterocycles. The molecular weight excluding hydrogens is 156 g/mol. The number of aliphatic carboxylic acids is 1. The van der Waals surface area contributed by atoms with Crippen LogP contribution in [0.3, 0.4) is 0 Å². The molecule has 0 aromatic rings. The summed E-state index contributed by atoms with van der Waals surface area (Å²) < 4.78 is 0. The molecule has 2 saturated heterocycles. The van der Waals surface area contributed by atoms with Crippen molar-refractivity contribution in [2.45, 2.75) is 24.9 Å². The van der Waals surface area contributed by atoms with Crippen molar-refractivity contribution >= 4 is 5.97 Å². The number of hydrogen-bond acceptors (Lipinski definition) is 3. The SMILES string of the molecule is O=C(O)[C@@H]1CN2CCC[C@H]2CN1. The minimum Gasteiger partial charge on any atom is -0.480 e. The van der Waals surface area contributed by atoms with Crippen molar-refractivity contribution in [1.29, 1.82) is 0 Å². The van der Waals surface area contributed by atoms with Gasteiger partial charge in [0.15, 0.2) is 0 Å². The Labute approximate surface area is 71.5 Å². The summed E-state index contributed by atoms with van der Waals surface area (Å²) in [5, 5.41) is 11.8. The van der Waals surface area contributed by atoms with Gasteiger partial charge in [0.05, 0.1) is 0 Å². The molecule has 2 rings (SSSR count). The maximum atomic E-state index is 10.7. The second-order valence-electron chi connectivity index (χ2n) is 3.59. The summed E-state index contributed by atoms with van der Waals surface area (Å²) in [5.41, 5.74) is 0. The van der Waals surface area contributed by atoms with Gasteiger partial charge in [0.1, 0.15) is 6.04 Å². The van der Waals surface area contributed by atoms with Crippen LogP contribution in [0.25, 0.3) is 0 Å². The van der Waals surface area contributed by atoms with Gasteiger partial charge in [-0.2, -0.15) is 0 Å². The average Bonchev–Trinajstić information content (AvgIpc) is 2.49. The maximum Gasteiger partial charge on any atom is 0.322 e. The van der Waals surface area contributed by atoms with Gasteiger partial charge in [-0.25, -0.2) is 0 Å². The molecule has 0 spiro atoms. The normalized spacial score (nSPS) is 36.3. The van der Waals surface area contributed by atoms with Crippen molar-refractivity contribution in [1.82, 2.24) is 10.2 Å². The number of carbonyl (C=O) groups is 1. The third kappa shape index (κ3) is 1.32. The molecule has 0 aromatic heterocycles. The van der Waals surface area contributed by atoms with E-state index in [0.29, 0.717) is 12.6 Å². The summed E-state index contributed by atoms with van der Waals surface area (Å²) in [6.45, 7) is 2.60. The van der Waals surface area contributed by atoms with Crippen molar-refractivity contribution < 1.29 is 9.90 Å². The molecule has 0 saturated carbocycles. The van der Waals surface area contributed by atoms with Crippen molar-refractivity contribution in [3.63, 3.8) is 0 Å². The number of fused-ring (bicyclic) bond motifs is 1. The first-order valence-corrected chi connectivity index (χ1v) is 4.47. The molecule has 4 heteroatoms. The van der Waals surface area contributed by atoms with E-state index in [2.05, 4.69) is 10.2 Å². The topological polar surface area (TPSA) is 52.6 Å². The number of hydrogen-bond donors (Lipinski definition) is 2. The van der Waals surface area contributed by atoms with E-state index in [9.17, 15) is 4.79 Å². The van der Waals surface area contributed by atoms with Crippen LogP contribution in [-0.4, -0.2) is 47.7 Å². The van der Waals surface area contributed by atoms with Crippen LogP contribution in [0.1, 0.15) is 12.8 Å². The summed E-state index contributed by atoms with van der Waals surface area (Å²) in [7, 11) is 0. The smallest absolute Gasteiger partial charge is 0.322 e. The van der Waals surface area contributed by atoms with Crippen LogP contribution in [-0.2, 0) is 4.79 Å². The molecule has 0 amide bonds. The lowest BCUT2D eigenvalue weighted by Gasteiger charge is -2.33. The fourth-order valence-corrected chi connectivity index (χ4v) is 2.11. The number of rotatable bonds is 1. The molecule has 12 heavy (non-hydrogen) atoms. The molecule has 68 valence electrons. The molecule has 4 nitrogen and oxygen atoms in total. The summed E-state index contributed by atoms with van der Waals surface area (Å²) in [5.74, 6) is -0.722. The highest BCUT2D eigenvalue weighted by Crippen LogP contribution is 2.19. The largest absolute Gasteiger partial charge is 0.480 e. The zero-order chi connectivity index (χ0) is 8.55. The van der Waals surface area contributed by atoms with E-state index >= 15 is 0 Å². The van der Waals surface area contributed by atoms with Crippen molar-refractivity contribution in [3.8, 4) is 0 Å². The van der Waals surface area contributed by atoms with E-state index in [4.69, 9.17) is 5.11 Å². The Morgan fingerprint density at radius 1 is 1.58 bits per heavy atom. The van der Waals surface area contributed by atoms with Gasteiger partial charge in [0.25, 0.3) is 0 Å². The Hall–Kier alpha value is -0.610. The fourth-order valence-electron chi connectivity index (χ4n) is 2.11. The molecule has 2 aliphatic heterocycles. The van der Waals surface area contributed by atoms with Gasteiger partial charge in [-0.3, -0.25) is 9.69 Å². The minimum atomic E-state index is -0.722. The second kappa shape index (κ2) is 3.03. The first-order valence-electron chi connectivity index (χ1n) is 4.47. The van der Waals surface area contributed by atoms with Crippen LogP contribution in [0, 0.1) is 0 Å². The number of piperazine rings is 1. The third-order valence-corrected chi connectivity index (χ3v) is 2.81. The molecule has 2 aliphatic rings. The highest BCUT2D eigenvalue weighted by molar-refractivity contribution is 5.73. The van der Waals surface area contributed by atoms with Crippen LogP contribution < -0.4 is 5.32 Å². The Bertz CT molecular complexity index is 195. The quantitative estimate of drug-likeness (QED) is 0.557.